The number of pyridine rings is 1. The lowest BCUT2D eigenvalue weighted by atomic mass is 10.1. The standard InChI is InChI=1S/C14H15F2N3O3/c1-8-5-10(7-17-6-8)3-4-11(20)18-12-9(2)22-19-13(12)21-14(15)16/h5-7,14H,3-4H2,1-2H3,(H,18,20). The molecule has 0 atom stereocenters. The van der Waals surface area contributed by atoms with E-state index in [2.05, 4.69) is 20.2 Å². The quantitative estimate of drug-likeness (QED) is 0.887. The van der Waals surface area contributed by atoms with Gasteiger partial charge in [0.2, 0.25) is 5.91 Å². The molecule has 1 amide bonds. The Labute approximate surface area is 125 Å². The Morgan fingerprint density at radius 1 is 1.41 bits per heavy atom. The summed E-state index contributed by atoms with van der Waals surface area (Å²) in [6, 6.07) is 1.93. The smallest absolute Gasteiger partial charge is 0.388 e. The molecule has 2 aromatic rings. The maximum absolute atomic E-state index is 12.2. The van der Waals surface area contributed by atoms with E-state index < -0.39 is 12.5 Å². The third-order valence-electron chi connectivity index (χ3n) is 2.87. The van der Waals surface area contributed by atoms with Gasteiger partial charge < -0.3 is 14.6 Å². The van der Waals surface area contributed by atoms with Crippen molar-refractivity contribution in [1.29, 1.82) is 0 Å². The Morgan fingerprint density at radius 2 is 2.18 bits per heavy atom. The van der Waals surface area contributed by atoms with Crippen LogP contribution in [-0.4, -0.2) is 22.7 Å². The van der Waals surface area contributed by atoms with Gasteiger partial charge in [0.15, 0.2) is 5.76 Å². The van der Waals surface area contributed by atoms with Crippen LogP contribution in [0.25, 0.3) is 0 Å². The van der Waals surface area contributed by atoms with Crippen LogP contribution in [0.1, 0.15) is 23.3 Å². The van der Waals surface area contributed by atoms with Gasteiger partial charge in [0.25, 0.3) is 5.88 Å². The summed E-state index contributed by atoms with van der Waals surface area (Å²) in [7, 11) is 0. The molecule has 118 valence electrons. The predicted molar refractivity (Wildman–Crippen MR) is 73.8 cm³/mol. The van der Waals surface area contributed by atoms with Gasteiger partial charge in [-0.2, -0.15) is 8.78 Å². The molecule has 22 heavy (non-hydrogen) atoms. The monoisotopic (exact) mass is 311 g/mol. The average Bonchev–Trinajstić information content (AvgIpc) is 2.77. The van der Waals surface area contributed by atoms with Crippen molar-refractivity contribution in [2.24, 2.45) is 0 Å². The number of carbonyl (C=O) groups is 1. The van der Waals surface area contributed by atoms with Crippen molar-refractivity contribution in [1.82, 2.24) is 10.1 Å². The van der Waals surface area contributed by atoms with Gasteiger partial charge in [0.05, 0.1) is 0 Å². The molecule has 0 fully saturated rings. The Hall–Kier alpha value is -2.51. The van der Waals surface area contributed by atoms with E-state index >= 15 is 0 Å². The molecular formula is C14H15F2N3O3. The molecule has 2 heterocycles. The Bertz CT molecular complexity index is 659. The lowest BCUT2D eigenvalue weighted by molar-refractivity contribution is -0.116. The molecule has 0 unspecified atom stereocenters. The molecule has 6 nitrogen and oxygen atoms in total. The minimum Gasteiger partial charge on any atom is -0.412 e. The zero-order valence-corrected chi connectivity index (χ0v) is 12.1. The molecule has 0 aliphatic carbocycles. The molecular weight excluding hydrogens is 296 g/mol. The molecule has 8 heteroatoms. The summed E-state index contributed by atoms with van der Waals surface area (Å²) in [4.78, 5) is 16.0. The average molecular weight is 311 g/mol. The number of anilines is 1. The van der Waals surface area contributed by atoms with Crippen LogP contribution in [0, 0.1) is 13.8 Å². The van der Waals surface area contributed by atoms with Crippen molar-refractivity contribution in [3.63, 3.8) is 0 Å². The minimum atomic E-state index is -3.04. The van der Waals surface area contributed by atoms with Gasteiger partial charge in [0, 0.05) is 18.8 Å². The first-order chi connectivity index (χ1) is 10.5. The molecule has 0 aromatic carbocycles. The second kappa shape index (κ2) is 6.97. The third kappa shape index (κ3) is 4.24. The van der Waals surface area contributed by atoms with Crippen molar-refractivity contribution in [3.8, 4) is 5.88 Å². The number of ether oxygens (including phenoxy) is 1. The molecule has 0 bridgehead atoms. The number of nitrogens with one attached hydrogen (secondary N) is 1. The summed E-state index contributed by atoms with van der Waals surface area (Å²) in [6.07, 6.45) is 4.05. The number of amides is 1. The maximum atomic E-state index is 12.2. The molecule has 2 aromatic heterocycles. The number of carbonyl (C=O) groups excluding carboxylic acids is 1. The number of aromatic nitrogens is 2. The van der Waals surface area contributed by atoms with Gasteiger partial charge in [-0.3, -0.25) is 9.78 Å². The highest BCUT2D eigenvalue weighted by atomic mass is 19.3. The maximum Gasteiger partial charge on any atom is 0.388 e. The summed E-state index contributed by atoms with van der Waals surface area (Å²) in [5.74, 6) is -0.591. The molecule has 0 spiro atoms. The van der Waals surface area contributed by atoms with Crippen LogP contribution in [0.2, 0.25) is 0 Å². The van der Waals surface area contributed by atoms with Gasteiger partial charge >= 0.3 is 6.61 Å². The summed E-state index contributed by atoms with van der Waals surface area (Å²) in [5.41, 5.74) is 1.94. The first-order valence-electron chi connectivity index (χ1n) is 6.57. The van der Waals surface area contributed by atoms with Gasteiger partial charge in [-0.05, 0) is 36.6 Å². The molecule has 0 saturated carbocycles. The van der Waals surface area contributed by atoms with Gasteiger partial charge in [-0.1, -0.05) is 6.07 Å². The third-order valence-corrected chi connectivity index (χ3v) is 2.87. The lowest BCUT2D eigenvalue weighted by Gasteiger charge is -2.06. The topological polar surface area (TPSA) is 77.2 Å². The fourth-order valence-corrected chi connectivity index (χ4v) is 1.87. The van der Waals surface area contributed by atoms with Crippen LogP contribution >= 0.6 is 0 Å². The Kier molecular flexibility index (Phi) is 5.03. The summed E-state index contributed by atoms with van der Waals surface area (Å²) >= 11 is 0. The van der Waals surface area contributed by atoms with Crippen LogP contribution in [0.5, 0.6) is 5.88 Å². The molecule has 0 aliphatic rings. The van der Waals surface area contributed by atoms with Crippen molar-refractivity contribution in [3.05, 3.63) is 35.3 Å². The summed E-state index contributed by atoms with van der Waals surface area (Å²) in [6.45, 7) is 0.356. The van der Waals surface area contributed by atoms with E-state index in [9.17, 15) is 13.6 Å². The molecule has 0 saturated heterocycles. The number of hydrogen-bond donors (Lipinski definition) is 1. The molecule has 1 N–H and O–H groups in total. The van der Waals surface area contributed by atoms with Crippen LogP contribution in [-0.2, 0) is 11.2 Å². The fourth-order valence-electron chi connectivity index (χ4n) is 1.87. The number of halogens is 2. The predicted octanol–water partition coefficient (Wildman–Crippen LogP) is 2.86. The summed E-state index contributed by atoms with van der Waals surface area (Å²) in [5, 5.41) is 5.81. The Morgan fingerprint density at radius 3 is 2.86 bits per heavy atom. The number of nitrogens with zero attached hydrogens (tertiary/aromatic N) is 2. The van der Waals surface area contributed by atoms with E-state index in [1.165, 1.54) is 6.92 Å². The SMILES string of the molecule is Cc1cncc(CCC(=O)Nc2c(OC(F)F)noc2C)c1. The number of rotatable bonds is 6. The zero-order valence-electron chi connectivity index (χ0n) is 12.1. The lowest BCUT2D eigenvalue weighted by Crippen LogP contribution is -2.14. The van der Waals surface area contributed by atoms with Gasteiger partial charge in [-0.25, -0.2) is 0 Å². The molecule has 0 radical (unpaired) electrons. The summed E-state index contributed by atoms with van der Waals surface area (Å²) < 4.78 is 33.4. The fraction of sp³-hybridized carbons (Fsp3) is 0.357. The number of hydrogen-bond acceptors (Lipinski definition) is 5. The van der Waals surface area contributed by atoms with Crippen molar-refractivity contribution in [2.75, 3.05) is 5.32 Å². The van der Waals surface area contributed by atoms with E-state index in [1.807, 2.05) is 13.0 Å². The first-order valence-corrected chi connectivity index (χ1v) is 6.57. The van der Waals surface area contributed by atoms with Crippen molar-refractivity contribution in [2.45, 2.75) is 33.3 Å². The number of aryl methyl sites for hydroxylation is 3. The van der Waals surface area contributed by atoms with E-state index in [1.54, 1.807) is 12.4 Å². The van der Waals surface area contributed by atoms with E-state index in [4.69, 9.17) is 4.52 Å². The highest BCUT2D eigenvalue weighted by Crippen LogP contribution is 2.28. The zero-order chi connectivity index (χ0) is 16.1. The highest BCUT2D eigenvalue weighted by Gasteiger charge is 2.19. The van der Waals surface area contributed by atoms with E-state index in [0.29, 0.717) is 6.42 Å². The minimum absolute atomic E-state index is 0.0210. The van der Waals surface area contributed by atoms with Crippen molar-refractivity contribution >= 4 is 11.6 Å². The van der Waals surface area contributed by atoms with E-state index in [-0.39, 0.29) is 23.8 Å². The second-order valence-electron chi connectivity index (χ2n) is 4.72. The highest BCUT2D eigenvalue weighted by molar-refractivity contribution is 5.92. The second-order valence-corrected chi connectivity index (χ2v) is 4.72. The van der Waals surface area contributed by atoms with Crippen LogP contribution < -0.4 is 10.1 Å². The van der Waals surface area contributed by atoms with Gasteiger partial charge in [-0.15, -0.1) is 0 Å². The first kappa shape index (κ1) is 15.9. The van der Waals surface area contributed by atoms with E-state index in [0.717, 1.165) is 11.1 Å². The van der Waals surface area contributed by atoms with Crippen molar-refractivity contribution < 1.29 is 22.8 Å². The number of alkyl halides is 2. The van der Waals surface area contributed by atoms with Crippen LogP contribution in [0.3, 0.4) is 0 Å². The molecule has 2 rings (SSSR count). The van der Waals surface area contributed by atoms with Gasteiger partial charge in [0.1, 0.15) is 5.69 Å². The van der Waals surface area contributed by atoms with Crippen LogP contribution in [0.15, 0.2) is 23.0 Å². The normalized spacial score (nSPS) is 10.8. The Balaban J connectivity index is 1.96. The largest absolute Gasteiger partial charge is 0.412 e. The van der Waals surface area contributed by atoms with Crippen LogP contribution in [0.4, 0.5) is 14.5 Å². The molecule has 0 aliphatic heterocycles.